The molecular weight excluding hydrogens is 481 g/mol. The van der Waals surface area contributed by atoms with Crippen LogP contribution in [0.2, 0.25) is 0 Å². The number of carbonyl (C=O) groups is 2. The van der Waals surface area contributed by atoms with Gasteiger partial charge in [0, 0.05) is 38.3 Å². The molecule has 3 aromatic rings. The summed E-state index contributed by atoms with van der Waals surface area (Å²) in [5.74, 6) is 1.17. The van der Waals surface area contributed by atoms with Gasteiger partial charge >= 0.3 is 0 Å². The fraction of sp³-hybridized carbons (Fsp3) is 0.419. The lowest BCUT2D eigenvalue weighted by Gasteiger charge is -2.35. The van der Waals surface area contributed by atoms with Crippen LogP contribution in [-0.4, -0.2) is 59.5 Å². The molecule has 5 rings (SSSR count). The van der Waals surface area contributed by atoms with E-state index in [0.29, 0.717) is 55.5 Å². The number of nitrogens with zero attached hydrogens (tertiary/aromatic N) is 3. The van der Waals surface area contributed by atoms with Crippen LogP contribution in [0.5, 0.6) is 5.75 Å². The molecule has 0 spiro atoms. The number of halogens is 1. The summed E-state index contributed by atoms with van der Waals surface area (Å²) in [5.41, 5.74) is 3.21. The molecule has 1 aliphatic heterocycles. The van der Waals surface area contributed by atoms with Crippen LogP contribution in [-0.2, 0) is 4.79 Å². The fourth-order valence-electron chi connectivity index (χ4n) is 5.86. The summed E-state index contributed by atoms with van der Waals surface area (Å²) >= 11 is 0. The zero-order valence-corrected chi connectivity index (χ0v) is 22.3. The van der Waals surface area contributed by atoms with Crippen molar-refractivity contribution in [3.8, 4) is 22.7 Å². The van der Waals surface area contributed by atoms with Gasteiger partial charge in [0.25, 0.3) is 5.91 Å². The maximum Gasteiger partial charge on any atom is 0.255 e. The van der Waals surface area contributed by atoms with Crippen molar-refractivity contribution in [1.82, 2.24) is 14.4 Å². The van der Waals surface area contributed by atoms with E-state index >= 15 is 0 Å². The average molecular weight is 518 g/mol. The molecule has 0 bridgehead atoms. The van der Waals surface area contributed by atoms with Crippen molar-refractivity contribution in [2.75, 3.05) is 33.3 Å². The number of amides is 2. The second-order valence-electron chi connectivity index (χ2n) is 10.4. The van der Waals surface area contributed by atoms with Crippen molar-refractivity contribution in [1.29, 1.82) is 0 Å². The van der Waals surface area contributed by atoms with Gasteiger partial charge in [-0.3, -0.25) is 9.59 Å². The van der Waals surface area contributed by atoms with Crippen LogP contribution in [0.4, 0.5) is 4.39 Å². The lowest BCUT2D eigenvalue weighted by Crippen LogP contribution is -2.50. The van der Waals surface area contributed by atoms with E-state index in [9.17, 15) is 14.0 Å². The Kier molecular flexibility index (Phi) is 7.82. The normalized spacial score (nSPS) is 16.2. The maximum atomic E-state index is 14.9. The minimum absolute atomic E-state index is 0.0922. The van der Waals surface area contributed by atoms with Crippen LogP contribution in [0.15, 0.2) is 54.6 Å². The van der Waals surface area contributed by atoms with Crippen molar-refractivity contribution in [3.63, 3.8) is 0 Å². The van der Waals surface area contributed by atoms with Gasteiger partial charge in [-0.15, -0.1) is 0 Å². The summed E-state index contributed by atoms with van der Waals surface area (Å²) in [5, 5.41) is 0. The summed E-state index contributed by atoms with van der Waals surface area (Å²) in [6.45, 7) is 3.95. The number of benzene rings is 2. The zero-order valence-electron chi connectivity index (χ0n) is 22.3. The molecule has 1 saturated carbocycles. The first-order chi connectivity index (χ1) is 18.5. The Balaban J connectivity index is 1.35. The van der Waals surface area contributed by atoms with E-state index in [2.05, 4.69) is 0 Å². The standard InChI is InChI=1S/C31H36FN3O3/c1-22-26(31(37)34-19-17-33(18-20-34)30(36)16-11-23-7-3-4-8-23)21-29(24-12-14-25(38-2)15-13-24)35(22)28-10-6-5-9-27(28)32/h5-6,9-10,12-15,21,23H,3-4,7-8,11,16-20H2,1-2H3. The molecule has 1 saturated heterocycles. The van der Waals surface area contributed by atoms with E-state index in [1.54, 1.807) is 25.3 Å². The van der Waals surface area contributed by atoms with Gasteiger partial charge in [-0.05, 0) is 67.3 Å². The molecule has 7 heteroatoms. The smallest absolute Gasteiger partial charge is 0.255 e. The van der Waals surface area contributed by atoms with Crippen LogP contribution >= 0.6 is 0 Å². The molecule has 1 aliphatic carbocycles. The minimum atomic E-state index is -0.357. The largest absolute Gasteiger partial charge is 0.497 e. The fourth-order valence-corrected chi connectivity index (χ4v) is 5.86. The van der Waals surface area contributed by atoms with E-state index in [1.807, 2.05) is 51.6 Å². The Labute approximate surface area is 224 Å². The quantitative estimate of drug-likeness (QED) is 0.395. The lowest BCUT2D eigenvalue weighted by atomic mass is 10.0. The maximum absolute atomic E-state index is 14.9. The molecule has 0 radical (unpaired) electrons. The van der Waals surface area contributed by atoms with E-state index in [1.165, 1.54) is 31.7 Å². The Morgan fingerprint density at radius 2 is 1.61 bits per heavy atom. The molecule has 0 N–H and O–H groups in total. The van der Waals surface area contributed by atoms with Gasteiger partial charge in [-0.1, -0.05) is 37.8 Å². The van der Waals surface area contributed by atoms with Gasteiger partial charge in [-0.2, -0.15) is 0 Å². The molecule has 2 aliphatic rings. The highest BCUT2D eigenvalue weighted by molar-refractivity contribution is 5.97. The van der Waals surface area contributed by atoms with Crippen LogP contribution in [0.1, 0.15) is 54.6 Å². The Bertz CT molecular complexity index is 1290. The number of methoxy groups -OCH3 is 1. The van der Waals surface area contributed by atoms with Crippen molar-refractivity contribution >= 4 is 11.8 Å². The number of aromatic nitrogens is 1. The highest BCUT2D eigenvalue weighted by Crippen LogP contribution is 2.33. The predicted octanol–water partition coefficient (Wildman–Crippen LogP) is 5.86. The highest BCUT2D eigenvalue weighted by atomic mass is 19.1. The van der Waals surface area contributed by atoms with Gasteiger partial charge in [-0.25, -0.2) is 4.39 Å². The average Bonchev–Trinajstić information content (AvgIpc) is 3.60. The lowest BCUT2D eigenvalue weighted by molar-refractivity contribution is -0.133. The summed E-state index contributed by atoms with van der Waals surface area (Å²) in [4.78, 5) is 30.2. The third kappa shape index (κ3) is 5.33. The Morgan fingerprint density at radius 3 is 2.26 bits per heavy atom. The van der Waals surface area contributed by atoms with Crippen molar-refractivity contribution in [3.05, 3.63) is 71.7 Å². The number of rotatable bonds is 7. The van der Waals surface area contributed by atoms with Crippen molar-refractivity contribution in [2.45, 2.75) is 45.4 Å². The van der Waals surface area contributed by atoms with Gasteiger partial charge in [0.2, 0.25) is 5.91 Å². The summed E-state index contributed by atoms with van der Waals surface area (Å²) < 4.78 is 22.1. The van der Waals surface area contributed by atoms with Crippen LogP contribution in [0.3, 0.4) is 0 Å². The molecule has 0 atom stereocenters. The van der Waals surface area contributed by atoms with E-state index < -0.39 is 0 Å². The first-order valence-electron chi connectivity index (χ1n) is 13.6. The number of ether oxygens (including phenoxy) is 1. The molecule has 38 heavy (non-hydrogen) atoms. The van der Waals surface area contributed by atoms with Crippen molar-refractivity contribution < 1.29 is 18.7 Å². The molecule has 6 nitrogen and oxygen atoms in total. The third-order valence-electron chi connectivity index (χ3n) is 8.12. The molecule has 0 unspecified atom stereocenters. The molecule has 1 aromatic heterocycles. The van der Waals surface area contributed by atoms with Crippen LogP contribution < -0.4 is 4.74 Å². The summed E-state index contributed by atoms with van der Waals surface area (Å²) in [6.07, 6.45) is 6.67. The highest BCUT2D eigenvalue weighted by Gasteiger charge is 2.29. The third-order valence-corrected chi connectivity index (χ3v) is 8.12. The van der Waals surface area contributed by atoms with Crippen LogP contribution in [0.25, 0.3) is 16.9 Å². The minimum Gasteiger partial charge on any atom is -0.497 e. The molecule has 2 heterocycles. The van der Waals surface area contributed by atoms with Gasteiger partial charge in [0.1, 0.15) is 11.6 Å². The molecule has 2 amide bonds. The number of piperazine rings is 1. The number of hydrogen-bond acceptors (Lipinski definition) is 3. The first-order valence-corrected chi connectivity index (χ1v) is 13.6. The summed E-state index contributed by atoms with van der Waals surface area (Å²) in [7, 11) is 1.61. The SMILES string of the molecule is COc1ccc(-c2cc(C(=O)N3CCN(C(=O)CCC4CCCC4)CC3)c(C)n2-c2ccccc2F)cc1. The van der Waals surface area contributed by atoms with E-state index in [4.69, 9.17) is 4.74 Å². The topological polar surface area (TPSA) is 54.8 Å². The first kappa shape index (κ1) is 26.0. The second-order valence-corrected chi connectivity index (χ2v) is 10.4. The Morgan fingerprint density at radius 1 is 0.947 bits per heavy atom. The predicted molar refractivity (Wildman–Crippen MR) is 146 cm³/mol. The van der Waals surface area contributed by atoms with Gasteiger partial charge < -0.3 is 19.1 Å². The van der Waals surface area contributed by atoms with E-state index in [0.717, 1.165) is 23.4 Å². The van der Waals surface area contributed by atoms with Crippen molar-refractivity contribution in [2.24, 2.45) is 5.92 Å². The second kappa shape index (κ2) is 11.4. The molecule has 200 valence electrons. The zero-order chi connectivity index (χ0) is 26.6. The monoisotopic (exact) mass is 517 g/mol. The van der Waals surface area contributed by atoms with Gasteiger partial charge in [0.15, 0.2) is 0 Å². The molecule has 2 fully saturated rings. The number of hydrogen-bond donors (Lipinski definition) is 0. The van der Waals surface area contributed by atoms with E-state index in [-0.39, 0.29) is 17.6 Å². The molecular formula is C31H36FN3O3. The summed E-state index contributed by atoms with van der Waals surface area (Å²) in [6, 6.07) is 16.0. The number of carbonyl (C=O) groups excluding carboxylic acids is 2. The van der Waals surface area contributed by atoms with Crippen LogP contribution in [0, 0.1) is 18.7 Å². The molecule has 2 aromatic carbocycles. The van der Waals surface area contributed by atoms with Gasteiger partial charge in [0.05, 0.1) is 24.1 Å². The Hall–Kier alpha value is -3.61. The number of para-hydroxylation sites is 1.